The van der Waals surface area contributed by atoms with E-state index in [0.717, 1.165) is 4.88 Å². The van der Waals surface area contributed by atoms with Gasteiger partial charge in [-0.3, -0.25) is 14.5 Å². The van der Waals surface area contributed by atoms with Crippen LogP contribution in [0.3, 0.4) is 0 Å². The SMILES string of the molecule is O=C(CN1C(=O)/C(=C/c2cccs2)SC1=S)Nc1ccc(Cl)c(Cl)c1. The summed E-state index contributed by atoms with van der Waals surface area (Å²) >= 11 is 19.7. The van der Waals surface area contributed by atoms with Crippen LogP contribution in [0.15, 0.2) is 40.6 Å². The van der Waals surface area contributed by atoms with Crippen LogP contribution >= 0.6 is 58.5 Å². The average Bonchev–Trinajstić information content (AvgIpc) is 3.15. The maximum Gasteiger partial charge on any atom is 0.266 e. The summed E-state index contributed by atoms with van der Waals surface area (Å²) in [6, 6.07) is 8.58. The van der Waals surface area contributed by atoms with Crippen LogP contribution in [0.1, 0.15) is 4.88 Å². The number of anilines is 1. The lowest BCUT2D eigenvalue weighted by atomic mass is 10.3. The number of thioether (sulfide) groups is 1. The summed E-state index contributed by atoms with van der Waals surface area (Å²) in [5.41, 5.74) is 0.499. The summed E-state index contributed by atoms with van der Waals surface area (Å²) < 4.78 is 0.358. The van der Waals surface area contributed by atoms with Crippen molar-refractivity contribution in [1.82, 2.24) is 4.90 Å². The molecule has 1 aromatic carbocycles. The zero-order valence-corrected chi connectivity index (χ0v) is 16.5. The van der Waals surface area contributed by atoms with Crippen LogP contribution in [-0.2, 0) is 9.59 Å². The second kappa shape index (κ2) is 7.88. The van der Waals surface area contributed by atoms with Crippen LogP contribution in [-0.4, -0.2) is 27.6 Å². The van der Waals surface area contributed by atoms with Crippen LogP contribution in [0, 0.1) is 0 Å². The van der Waals surface area contributed by atoms with Gasteiger partial charge >= 0.3 is 0 Å². The van der Waals surface area contributed by atoms with Crippen LogP contribution in [0.4, 0.5) is 5.69 Å². The van der Waals surface area contributed by atoms with Crippen molar-refractivity contribution >= 4 is 86.4 Å². The molecule has 9 heteroatoms. The van der Waals surface area contributed by atoms with E-state index in [1.54, 1.807) is 24.3 Å². The zero-order chi connectivity index (χ0) is 18.0. The van der Waals surface area contributed by atoms with Gasteiger partial charge in [0.25, 0.3) is 5.91 Å². The lowest BCUT2D eigenvalue weighted by Crippen LogP contribution is -2.36. The van der Waals surface area contributed by atoms with E-state index in [9.17, 15) is 9.59 Å². The number of carbonyl (C=O) groups is 2. The van der Waals surface area contributed by atoms with Crippen LogP contribution in [0.25, 0.3) is 6.08 Å². The third-order valence-corrected chi connectivity index (χ3v) is 6.13. The predicted octanol–water partition coefficient (Wildman–Crippen LogP) is 4.89. The number of rotatable bonds is 4. The van der Waals surface area contributed by atoms with E-state index in [0.29, 0.717) is 25.0 Å². The van der Waals surface area contributed by atoms with Gasteiger partial charge in [-0.25, -0.2) is 0 Å². The predicted molar refractivity (Wildman–Crippen MR) is 109 cm³/mol. The molecule has 1 fully saturated rings. The lowest BCUT2D eigenvalue weighted by molar-refractivity contribution is -0.126. The third-order valence-electron chi connectivity index (χ3n) is 3.20. The molecule has 0 aliphatic carbocycles. The minimum atomic E-state index is -0.368. The first-order chi connectivity index (χ1) is 11.9. The Morgan fingerprint density at radius 1 is 1.28 bits per heavy atom. The van der Waals surface area contributed by atoms with Gasteiger partial charge in [-0.15, -0.1) is 11.3 Å². The minimum absolute atomic E-state index is 0.160. The highest BCUT2D eigenvalue weighted by Crippen LogP contribution is 2.33. The molecule has 3 rings (SSSR count). The van der Waals surface area contributed by atoms with Crippen LogP contribution in [0.5, 0.6) is 0 Å². The van der Waals surface area contributed by atoms with Crippen molar-refractivity contribution in [2.24, 2.45) is 0 Å². The molecule has 0 radical (unpaired) electrons. The molecule has 2 aromatic rings. The van der Waals surface area contributed by atoms with Gasteiger partial charge < -0.3 is 5.32 Å². The first kappa shape index (κ1) is 18.4. The summed E-state index contributed by atoms with van der Waals surface area (Å²) in [6.45, 7) is -0.160. The Labute approximate surface area is 167 Å². The van der Waals surface area contributed by atoms with Gasteiger partial charge in [0.05, 0.1) is 15.0 Å². The molecule has 0 saturated carbocycles. The second-order valence-corrected chi connectivity index (χ2v) is 8.43. The Morgan fingerprint density at radius 3 is 2.76 bits per heavy atom. The quantitative estimate of drug-likeness (QED) is 0.555. The molecule has 1 aliphatic heterocycles. The Hall–Kier alpha value is -1.38. The molecule has 4 nitrogen and oxygen atoms in total. The molecular formula is C16H10Cl2N2O2S3. The van der Waals surface area contributed by atoms with E-state index in [2.05, 4.69) is 5.32 Å². The molecule has 2 heterocycles. The molecule has 0 unspecified atom stereocenters. The standard InChI is InChI=1S/C16H10Cl2N2O2S3/c17-11-4-3-9(6-12(11)18)19-14(21)8-20-15(22)13(25-16(20)23)7-10-2-1-5-24-10/h1-7H,8H2,(H,19,21)/b13-7-. The van der Waals surface area contributed by atoms with Gasteiger partial charge in [0, 0.05) is 10.6 Å². The molecule has 1 aromatic heterocycles. The summed E-state index contributed by atoms with van der Waals surface area (Å²) in [4.78, 5) is 27.4. The highest BCUT2D eigenvalue weighted by Gasteiger charge is 2.33. The van der Waals surface area contributed by atoms with Crippen molar-refractivity contribution < 1.29 is 9.59 Å². The first-order valence-electron chi connectivity index (χ1n) is 6.98. The minimum Gasteiger partial charge on any atom is -0.324 e. The third kappa shape index (κ3) is 4.43. The summed E-state index contributed by atoms with van der Waals surface area (Å²) in [5, 5.41) is 5.34. The van der Waals surface area contributed by atoms with Gasteiger partial charge in [0.15, 0.2) is 0 Å². The molecular weight excluding hydrogens is 419 g/mol. The largest absolute Gasteiger partial charge is 0.324 e. The lowest BCUT2D eigenvalue weighted by Gasteiger charge is -2.14. The van der Waals surface area contributed by atoms with Crippen molar-refractivity contribution in [1.29, 1.82) is 0 Å². The van der Waals surface area contributed by atoms with E-state index in [4.69, 9.17) is 35.4 Å². The summed E-state index contributed by atoms with van der Waals surface area (Å²) in [7, 11) is 0. The number of amides is 2. The van der Waals surface area contributed by atoms with Crippen molar-refractivity contribution in [2.45, 2.75) is 0 Å². The van der Waals surface area contributed by atoms with E-state index in [1.165, 1.54) is 28.0 Å². The highest BCUT2D eigenvalue weighted by atomic mass is 35.5. The Balaban J connectivity index is 1.67. The molecule has 1 N–H and O–H groups in total. The highest BCUT2D eigenvalue weighted by molar-refractivity contribution is 8.26. The molecule has 25 heavy (non-hydrogen) atoms. The van der Waals surface area contributed by atoms with Crippen molar-refractivity contribution in [3.63, 3.8) is 0 Å². The fourth-order valence-electron chi connectivity index (χ4n) is 2.06. The number of thiophene rings is 1. The van der Waals surface area contributed by atoms with E-state index in [1.807, 2.05) is 17.5 Å². The Morgan fingerprint density at radius 2 is 2.08 bits per heavy atom. The molecule has 0 spiro atoms. The number of carbonyl (C=O) groups excluding carboxylic acids is 2. The van der Waals surface area contributed by atoms with E-state index < -0.39 is 0 Å². The first-order valence-corrected chi connectivity index (χ1v) is 9.84. The second-order valence-electron chi connectivity index (χ2n) is 4.96. The molecule has 0 bridgehead atoms. The van der Waals surface area contributed by atoms with Gasteiger partial charge in [-0.05, 0) is 35.7 Å². The smallest absolute Gasteiger partial charge is 0.266 e. The fourth-order valence-corrected chi connectivity index (χ4v) is 4.33. The molecule has 1 aliphatic rings. The number of hydrogen-bond donors (Lipinski definition) is 1. The van der Waals surface area contributed by atoms with Crippen molar-refractivity contribution in [2.75, 3.05) is 11.9 Å². The molecule has 1 saturated heterocycles. The number of nitrogens with zero attached hydrogens (tertiary/aromatic N) is 1. The number of nitrogens with one attached hydrogen (secondary N) is 1. The Kier molecular flexibility index (Phi) is 5.81. The van der Waals surface area contributed by atoms with Gasteiger partial charge in [0.1, 0.15) is 10.9 Å². The van der Waals surface area contributed by atoms with Crippen molar-refractivity contribution in [3.8, 4) is 0 Å². The van der Waals surface area contributed by atoms with Gasteiger partial charge in [-0.1, -0.05) is 53.2 Å². The maximum absolute atomic E-state index is 12.5. The van der Waals surface area contributed by atoms with Gasteiger partial charge in [0.2, 0.25) is 5.91 Å². The summed E-state index contributed by atoms with van der Waals surface area (Å²) in [5.74, 6) is -0.639. The topological polar surface area (TPSA) is 49.4 Å². The zero-order valence-electron chi connectivity index (χ0n) is 12.5. The van der Waals surface area contributed by atoms with Gasteiger partial charge in [-0.2, -0.15) is 0 Å². The molecule has 0 atom stereocenters. The van der Waals surface area contributed by atoms with E-state index in [-0.39, 0.29) is 18.4 Å². The number of thiocarbonyl (C=S) groups is 1. The monoisotopic (exact) mass is 428 g/mol. The van der Waals surface area contributed by atoms with Crippen molar-refractivity contribution in [3.05, 3.63) is 55.5 Å². The maximum atomic E-state index is 12.5. The van der Waals surface area contributed by atoms with Crippen LogP contribution in [0.2, 0.25) is 10.0 Å². The van der Waals surface area contributed by atoms with E-state index >= 15 is 0 Å². The number of benzene rings is 1. The van der Waals surface area contributed by atoms with Crippen LogP contribution < -0.4 is 5.32 Å². The number of halogens is 2. The normalized spacial score (nSPS) is 15.9. The molecule has 2 amide bonds. The average molecular weight is 429 g/mol. The summed E-state index contributed by atoms with van der Waals surface area (Å²) in [6.07, 6.45) is 1.78. The fraction of sp³-hybridized carbons (Fsp3) is 0.0625. The Bertz CT molecular complexity index is 882. The number of hydrogen-bond acceptors (Lipinski definition) is 5. The molecule has 128 valence electrons.